The number of hydrogen-bond acceptors (Lipinski definition) is 3. The largest absolute Gasteiger partial charge is 0.376 e. The fourth-order valence-corrected chi connectivity index (χ4v) is 3.00. The molecule has 0 aliphatic carbocycles. The molecule has 0 spiro atoms. The van der Waals surface area contributed by atoms with Crippen molar-refractivity contribution in [1.29, 1.82) is 0 Å². The quantitative estimate of drug-likeness (QED) is 0.612. The Morgan fingerprint density at radius 3 is 2.07 bits per heavy atom. The van der Waals surface area contributed by atoms with E-state index in [1.54, 1.807) is 17.0 Å². The summed E-state index contributed by atoms with van der Waals surface area (Å²) in [7, 11) is 0. The van der Waals surface area contributed by atoms with Crippen LogP contribution in [-0.4, -0.2) is 24.9 Å². The van der Waals surface area contributed by atoms with Gasteiger partial charge in [-0.3, -0.25) is 9.59 Å². The molecule has 0 saturated carbocycles. The van der Waals surface area contributed by atoms with Crippen LogP contribution in [0.4, 0.5) is 11.4 Å². The maximum absolute atomic E-state index is 12.5. The van der Waals surface area contributed by atoms with Crippen molar-refractivity contribution in [2.75, 3.05) is 23.3 Å². The van der Waals surface area contributed by atoms with Gasteiger partial charge in [0, 0.05) is 30.0 Å². The molecular weight excluding hydrogens is 362 g/mol. The first-order valence-corrected chi connectivity index (χ1v) is 9.69. The van der Waals surface area contributed by atoms with Crippen LogP contribution in [-0.2, 0) is 11.3 Å². The van der Waals surface area contributed by atoms with Crippen LogP contribution in [0.1, 0.15) is 22.8 Å². The first-order valence-electron chi connectivity index (χ1n) is 9.69. The molecule has 3 rings (SSSR count). The molecule has 3 aromatic rings. The second-order valence-corrected chi connectivity index (χ2v) is 6.57. The van der Waals surface area contributed by atoms with Gasteiger partial charge in [0.05, 0.1) is 6.54 Å². The van der Waals surface area contributed by atoms with Gasteiger partial charge in [-0.2, -0.15) is 0 Å². The van der Waals surface area contributed by atoms with E-state index in [9.17, 15) is 9.59 Å². The lowest BCUT2D eigenvalue weighted by Crippen LogP contribution is -2.35. The van der Waals surface area contributed by atoms with Gasteiger partial charge in [0.15, 0.2) is 0 Å². The Morgan fingerprint density at radius 2 is 1.45 bits per heavy atom. The van der Waals surface area contributed by atoms with Crippen molar-refractivity contribution in [2.24, 2.45) is 0 Å². The minimum atomic E-state index is -0.127. The van der Waals surface area contributed by atoms with E-state index < -0.39 is 0 Å². The standard InChI is InChI=1S/C24H25N3O2/c1-2-27(22-11-7-4-8-12-22)23(28)18-25-21-15-13-20(14-16-21)24(29)26-17-19-9-5-3-6-10-19/h3-16,25H,2,17-18H2,1H3,(H,26,29). The number of hydrogen-bond donors (Lipinski definition) is 2. The Kier molecular flexibility index (Phi) is 7.00. The number of rotatable bonds is 8. The summed E-state index contributed by atoms with van der Waals surface area (Å²) < 4.78 is 0. The Labute approximate surface area is 171 Å². The predicted molar refractivity (Wildman–Crippen MR) is 117 cm³/mol. The zero-order valence-electron chi connectivity index (χ0n) is 16.5. The van der Waals surface area contributed by atoms with E-state index in [0.717, 1.165) is 16.9 Å². The van der Waals surface area contributed by atoms with Crippen LogP contribution in [0.25, 0.3) is 0 Å². The highest BCUT2D eigenvalue weighted by Crippen LogP contribution is 2.14. The number of para-hydroxylation sites is 1. The van der Waals surface area contributed by atoms with Gasteiger partial charge in [-0.1, -0.05) is 48.5 Å². The maximum Gasteiger partial charge on any atom is 0.251 e. The minimum Gasteiger partial charge on any atom is -0.376 e. The molecule has 0 heterocycles. The van der Waals surface area contributed by atoms with Gasteiger partial charge in [0.1, 0.15) is 0 Å². The second-order valence-electron chi connectivity index (χ2n) is 6.57. The topological polar surface area (TPSA) is 61.4 Å². The van der Waals surface area contributed by atoms with Crippen molar-refractivity contribution in [3.05, 3.63) is 96.1 Å². The summed E-state index contributed by atoms with van der Waals surface area (Å²) in [6.45, 7) is 3.22. The summed E-state index contributed by atoms with van der Waals surface area (Å²) in [5.74, 6) is -0.138. The van der Waals surface area contributed by atoms with E-state index >= 15 is 0 Å². The Morgan fingerprint density at radius 1 is 0.828 bits per heavy atom. The molecule has 0 aliphatic heterocycles. The molecule has 29 heavy (non-hydrogen) atoms. The van der Waals surface area contributed by atoms with Crippen molar-refractivity contribution in [2.45, 2.75) is 13.5 Å². The molecule has 0 radical (unpaired) electrons. The Bertz CT molecular complexity index is 925. The fourth-order valence-electron chi connectivity index (χ4n) is 3.00. The highest BCUT2D eigenvalue weighted by molar-refractivity contribution is 5.96. The smallest absolute Gasteiger partial charge is 0.251 e. The summed E-state index contributed by atoms with van der Waals surface area (Å²) in [6, 6.07) is 26.5. The van der Waals surface area contributed by atoms with Crippen molar-refractivity contribution >= 4 is 23.2 Å². The van der Waals surface area contributed by atoms with Crippen molar-refractivity contribution in [1.82, 2.24) is 5.32 Å². The molecule has 148 valence electrons. The maximum atomic E-state index is 12.5. The zero-order valence-corrected chi connectivity index (χ0v) is 16.5. The van der Waals surface area contributed by atoms with Crippen LogP contribution in [0.5, 0.6) is 0 Å². The zero-order chi connectivity index (χ0) is 20.5. The van der Waals surface area contributed by atoms with Crippen molar-refractivity contribution < 1.29 is 9.59 Å². The Hall–Kier alpha value is -3.60. The first kappa shape index (κ1) is 20.1. The fraction of sp³-hybridized carbons (Fsp3) is 0.167. The van der Waals surface area contributed by atoms with Crippen LogP contribution >= 0.6 is 0 Å². The lowest BCUT2D eigenvalue weighted by atomic mass is 10.1. The van der Waals surface area contributed by atoms with Gasteiger partial charge >= 0.3 is 0 Å². The lowest BCUT2D eigenvalue weighted by molar-refractivity contribution is -0.116. The van der Waals surface area contributed by atoms with Crippen LogP contribution in [0.3, 0.4) is 0 Å². The van der Waals surface area contributed by atoms with Gasteiger partial charge in [-0.25, -0.2) is 0 Å². The van der Waals surface area contributed by atoms with E-state index in [0.29, 0.717) is 18.7 Å². The predicted octanol–water partition coefficient (Wildman–Crippen LogP) is 4.08. The molecule has 2 amide bonds. The van der Waals surface area contributed by atoms with E-state index in [2.05, 4.69) is 10.6 Å². The highest BCUT2D eigenvalue weighted by atomic mass is 16.2. The SMILES string of the molecule is CCN(C(=O)CNc1ccc(C(=O)NCc2ccccc2)cc1)c1ccccc1. The number of carbonyl (C=O) groups is 2. The highest BCUT2D eigenvalue weighted by Gasteiger charge is 2.13. The van der Waals surface area contributed by atoms with Crippen LogP contribution in [0.15, 0.2) is 84.9 Å². The average molecular weight is 387 g/mol. The molecule has 2 N–H and O–H groups in total. The average Bonchev–Trinajstić information content (AvgIpc) is 2.78. The molecule has 0 unspecified atom stereocenters. The molecule has 0 atom stereocenters. The molecular formula is C24H25N3O2. The van der Waals surface area contributed by atoms with Crippen LogP contribution < -0.4 is 15.5 Å². The normalized spacial score (nSPS) is 10.2. The third-order valence-corrected chi connectivity index (χ3v) is 4.57. The summed E-state index contributed by atoms with van der Waals surface area (Å²) in [5, 5.41) is 6.04. The van der Waals surface area contributed by atoms with Gasteiger partial charge < -0.3 is 15.5 Å². The van der Waals surface area contributed by atoms with E-state index in [1.807, 2.05) is 79.7 Å². The van der Waals surface area contributed by atoms with Crippen LogP contribution in [0.2, 0.25) is 0 Å². The third-order valence-electron chi connectivity index (χ3n) is 4.57. The lowest BCUT2D eigenvalue weighted by Gasteiger charge is -2.21. The van der Waals surface area contributed by atoms with Gasteiger partial charge in [-0.05, 0) is 48.9 Å². The molecule has 0 aliphatic rings. The number of nitrogens with zero attached hydrogens (tertiary/aromatic N) is 1. The third kappa shape index (κ3) is 5.69. The van der Waals surface area contributed by atoms with Gasteiger partial charge in [0.25, 0.3) is 5.91 Å². The van der Waals surface area contributed by atoms with Gasteiger partial charge in [-0.15, -0.1) is 0 Å². The number of anilines is 2. The number of carbonyl (C=O) groups excluding carboxylic acids is 2. The summed E-state index contributed by atoms with van der Waals surface area (Å²) in [6.07, 6.45) is 0. The number of benzene rings is 3. The van der Waals surface area contributed by atoms with E-state index in [1.165, 1.54) is 0 Å². The Balaban J connectivity index is 1.52. The van der Waals surface area contributed by atoms with Crippen molar-refractivity contribution in [3.8, 4) is 0 Å². The summed E-state index contributed by atoms with van der Waals surface area (Å²) in [5.41, 5.74) is 3.31. The number of nitrogens with one attached hydrogen (secondary N) is 2. The molecule has 5 heteroatoms. The molecule has 0 bridgehead atoms. The number of amides is 2. The van der Waals surface area contributed by atoms with E-state index in [4.69, 9.17) is 0 Å². The van der Waals surface area contributed by atoms with E-state index in [-0.39, 0.29) is 18.4 Å². The molecule has 3 aromatic carbocycles. The molecule has 0 aromatic heterocycles. The van der Waals surface area contributed by atoms with Crippen LogP contribution in [0, 0.1) is 0 Å². The second kappa shape index (κ2) is 10.1. The number of likely N-dealkylation sites (N-methyl/N-ethyl adjacent to an activating group) is 1. The summed E-state index contributed by atoms with van der Waals surface area (Å²) in [4.78, 5) is 26.6. The molecule has 0 fully saturated rings. The first-order chi connectivity index (χ1) is 14.2. The van der Waals surface area contributed by atoms with Gasteiger partial charge in [0.2, 0.25) is 5.91 Å². The molecule has 5 nitrogen and oxygen atoms in total. The minimum absolute atomic E-state index is 0.0108. The van der Waals surface area contributed by atoms with Crippen molar-refractivity contribution in [3.63, 3.8) is 0 Å². The monoisotopic (exact) mass is 387 g/mol. The summed E-state index contributed by atoms with van der Waals surface area (Å²) >= 11 is 0. The molecule has 0 saturated heterocycles.